The molecule has 0 radical (unpaired) electrons. The number of nitrogens with two attached hydrogens (primary N) is 2. The van der Waals surface area contributed by atoms with E-state index in [9.17, 15) is 9.90 Å². The van der Waals surface area contributed by atoms with Crippen molar-refractivity contribution in [3.05, 3.63) is 121 Å². The molecule has 0 aliphatic carbocycles. The molecule has 6 aromatic rings. The Kier molecular flexibility index (Phi) is 6.63. The summed E-state index contributed by atoms with van der Waals surface area (Å²) in [5, 5.41) is 9.49. The summed E-state index contributed by atoms with van der Waals surface area (Å²) in [5.74, 6) is 1.33. The van der Waals surface area contributed by atoms with Crippen LogP contribution in [0.1, 0.15) is 10.4 Å². The highest BCUT2D eigenvalue weighted by Crippen LogP contribution is 2.35. The molecule has 6 rings (SSSR count). The first-order valence-electron chi connectivity index (χ1n) is 12.8. The van der Waals surface area contributed by atoms with E-state index in [2.05, 4.69) is 0 Å². The minimum absolute atomic E-state index is 0.136. The highest BCUT2D eigenvalue weighted by Gasteiger charge is 2.16. The zero-order valence-corrected chi connectivity index (χ0v) is 21.7. The second-order valence-corrected chi connectivity index (χ2v) is 9.26. The first-order valence-corrected chi connectivity index (χ1v) is 12.8. The lowest BCUT2D eigenvalue weighted by molar-refractivity contribution is 0.0697. The molecule has 8 heteroatoms. The summed E-state index contributed by atoms with van der Waals surface area (Å²) < 4.78 is 11.9. The second kappa shape index (κ2) is 10.7. The van der Waals surface area contributed by atoms with Crippen molar-refractivity contribution in [2.75, 3.05) is 11.5 Å². The van der Waals surface area contributed by atoms with Crippen LogP contribution >= 0.6 is 0 Å². The molecule has 41 heavy (non-hydrogen) atoms. The van der Waals surface area contributed by atoms with Crippen LogP contribution in [-0.2, 0) is 0 Å². The van der Waals surface area contributed by atoms with E-state index in [0.717, 1.165) is 11.1 Å². The summed E-state index contributed by atoms with van der Waals surface area (Å²) in [6.45, 7) is 0. The summed E-state index contributed by atoms with van der Waals surface area (Å²) >= 11 is 0. The van der Waals surface area contributed by atoms with Crippen LogP contribution in [0.2, 0.25) is 0 Å². The molecule has 0 saturated carbocycles. The van der Waals surface area contributed by atoms with Crippen molar-refractivity contribution in [1.82, 2.24) is 9.97 Å². The van der Waals surface area contributed by atoms with Crippen molar-refractivity contribution in [2.45, 2.75) is 0 Å². The maximum Gasteiger partial charge on any atom is 0.335 e. The van der Waals surface area contributed by atoms with Gasteiger partial charge in [-0.25, -0.2) is 14.8 Å². The van der Waals surface area contributed by atoms with Gasteiger partial charge in [0, 0.05) is 11.1 Å². The third-order valence-corrected chi connectivity index (χ3v) is 6.46. The van der Waals surface area contributed by atoms with Crippen molar-refractivity contribution in [3.8, 4) is 45.5 Å². The fourth-order valence-corrected chi connectivity index (χ4v) is 4.35. The van der Waals surface area contributed by atoms with Gasteiger partial charge in [-0.05, 0) is 91.0 Å². The molecule has 0 spiro atoms. The van der Waals surface area contributed by atoms with Crippen LogP contribution in [0.25, 0.3) is 33.5 Å². The lowest BCUT2D eigenvalue weighted by Gasteiger charge is -2.13. The Morgan fingerprint density at radius 1 is 0.585 bits per heavy atom. The first-order chi connectivity index (χ1) is 19.9. The van der Waals surface area contributed by atoms with Crippen LogP contribution in [0.5, 0.6) is 23.0 Å². The van der Waals surface area contributed by atoms with Gasteiger partial charge in [0.15, 0.2) is 0 Å². The van der Waals surface area contributed by atoms with Gasteiger partial charge >= 0.3 is 5.97 Å². The van der Waals surface area contributed by atoms with Gasteiger partial charge in [-0.3, -0.25) is 0 Å². The van der Waals surface area contributed by atoms with Crippen molar-refractivity contribution >= 4 is 28.4 Å². The van der Waals surface area contributed by atoms with Crippen molar-refractivity contribution < 1.29 is 19.4 Å². The summed E-state index contributed by atoms with van der Waals surface area (Å²) in [4.78, 5) is 21.3. The predicted molar refractivity (Wildman–Crippen MR) is 159 cm³/mol. The summed E-state index contributed by atoms with van der Waals surface area (Å²) in [6.07, 6.45) is 0. The number of para-hydroxylation sites is 4. The Morgan fingerprint density at radius 2 is 1.05 bits per heavy atom. The van der Waals surface area contributed by atoms with Crippen LogP contribution in [0.15, 0.2) is 115 Å². The molecule has 0 aliphatic heterocycles. The van der Waals surface area contributed by atoms with Crippen molar-refractivity contribution in [3.63, 3.8) is 0 Å². The van der Waals surface area contributed by atoms with Gasteiger partial charge in [0.25, 0.3) is 0 Å². The van der Waals surface area contributed by atoms with E-state index in [0.29, 0.717) is 56.8 Å². The molecule has 0 bridgehead atoms. The second-order valence-electron chi connectivity index (χ2n) is 9.26. The topological polar surface area (TPSA) is 134 Å². The smallest absolute Gasteiger partial charge is 0.335 e. The summed E-state index contributed by atoms with van der Waals surface area (Å²) in [5.41, 5.74) is 17.1. The molecule has 200 valence electrons. The average molecular weight is 541 g/mol. The molecule has 5 N–H and O–H groups in total. The highest BCUT2D eigenvalue weighted by molar-refractivity contribution is 5.94. The fourth-order valence-electron chi connectivity index (χ4n) is 4.35. The number of rotatable bonds is 7. The van der Waals surface area contributed by atoms with Crippen molar-refractivity contribution in [2.24, 2.45) is 0 Å². The number of fused-ring (bicyclic) bond motifs is 1. The zero-order chi connectivity index (χ0) is 28.3. The number of benzene rings is 5. The van der Waals surface area contributed by atoms with Gasteiger partial charge in [-0.1, -0.05) is 24.3 Å². The van der Waals surface area contributed by atoms with Gasteiger partial charge in [-0.15, -0.1) is 0 Å². The molecule has 0 amide bonds. The predicted octanol–water partition coefficient (Wildman–Crippen LogP) is 7.41. The molecule has 0 atom stereocenters. The Bertz CT molecular complexity index is 1890. The quantitative estimate of drug-likeness (QED) is 0.178. The number of nitrogens with zero attached hydrogens (tertiary/aromatic N) is 2. The number of hydrogen-bond acceptors (Lipinski definition) is 7. The van der Waals surface area contributed by atoms with E-state index in [4.69, 9.17) is 30.9 Å². The van der Waals surface area contributed by atoms with Gasteiger partial charge in [-0.2, -0.15) is 0 Å². The van der Waals surface area contributed by atoms with Gasteiger partial charge in [0.1, 0.15) is 23.0 Å². The minimum Gasteiger partial charge on any atom is -0.478 e. The number of nitrogen functional groups attached to an aromatic ring is 2. The molecule has 0 unspecified atom stereocenters. The van der Waals surface area contributed by atoms with Crippen LogP contribution in [0.4, 0.5) is 11.4 Å². The Labute approximate surface area is 235 Å². The Morgan fingerprint density at radius 3 is 1.51 bits per heavy atom. The number of ether oxygens (including phenoxy) is 2. The van der Waals surface area contributed by atoms with Crippen molar-refractivity contribution in [1.29, 1.82) is 0 Å². The van der Waals surface area contributed by atoms with Crippen LogP contribution in [0.3, 0.4) is 0 Å². The van der Waals surface area contributed by atoms with E-state index >= 15 is 0 Å². The number of carbonyl (C=O) groups is 1. The minimum atomic E-state index is -1.03. The molecule has 1 aromatic heterocycles. The largest absolute Gasteiger partial charge is 0.478 e. The maximum atomic E-state index is 11.6. The van der Waals surface area contributed by atoms with Crippen LogP contribution < -0.4 is 20.9 Å². The van der Waals surface area contributed by atoms with Gasteiger partial charge < -0.3 is 26.0 Å². The number of aromatic carboxylic acids is 1. The summed E-state index contributed by atoms with van der Waals surface area (Å²) in [6, 6.07) is 34.2. The van der Waals surface area contributed by atoms with Gasteiger partial charge in [0.2, 0.25) is 0 Å². The molecule has 1 heterocycles. The lowest BCUT2D eigenvalue weighted by atomic mass is 10.0. The molecular weight excluding hydrogens is 516 g/mol. The molecular formula is C33H24N4O4. The number of hydrogen-bond donors (Lipinski definition) is 3. The third-order valence-electron chi connectivity index (χ3n) is 6.46. The van der Waals surface area contributed by atoms with E-state index in [1.165, 1.54) is 12.1 Å². The van der Waals surface area contributed by atoms with E-state index in [1.54, 1.807) is 30.3 Å². The Balaban J connectivity index is 1.39. The molecule has 0 fully saturated rings. The summed E-state index contributed by atoms with van der Waals surface area (Å²) in [7, 11) is 0. The molecule has 0 aliphatic rings. The molecule has 5 aromatic carbocycles. The molecule has 8 nitrogen and oxygen atoms in total. The van der Waals surface area contributed by atoms with Gasteiger partial charge in [0.05, 0.1) is 39.4 Å². The number of carboxylic acid groups (broad SMARTS) is 1. The SMILES string of the molecule is Nc1ccccc1Oc1ccc(-c2nc3ccc(C(=O)O)cc3nc2-c2ccc(Oc3ccccc3N)cc2)cc1. The maximum absolute atomic E-state index is 11.6. The van der Waals surface area contributed by atoms with Crippen LogP contribution in [-0.4, -0.2) is 21.0 Å². The number of aromatic nitrogens is 2. The standard InChI is InChI=1S/C33H24N4O4/c34-25-5-1-3-7-29(25)40-23-14-9-20(10-15-23)31-32(37-28-19-22(33(38)39)13-18-27(28)36-31)21-11-16-24(17-12-21)41-30-8-4-2-6-26(30)35/h1-19H,34-35H2,(H,38,39). The monoisotopic (exact) mass is 540 g/mol. The number of carboxylic acids is 1. The molecule has 0 saturated heterocycles. The zero-order valence-electron chi connectivity index (χ0n) is 21.7. The first kappa shape index (κ1) is 25.4. The lowest BCUT2D eigenvalue weighted by Crippen LogP contribution is -1.99. The van der Waals surface area contributed by atoms with Crippen LogP contribution in [0, 0.1) is 0 Å². The van der Waals surface area contributed by atoms with E-state index < -0.39 is 5.97 Å². The van der Waals surface area contributed by atoms with E-state index in [1.807, 2.05) is 72.8 Å². The normalized spacial score (nSPS) is 10.8. The fraction of sp³-hybridized carbons (Fsp3) is 0. The third kappa shape index (κ3) is 5.35. The number of anilines is 2. The van der Waals surface area contributed by atoms with E-state index in [-0.39, 0.29) is 5.56 Å². The Hall–Kier alpha value is -5.89. The highest BCUT2D eigenvalue weighted by atomic mass is 16.5. The average Bonchev–Trinajstić information content (AvgIpc) is 2.99.